The molecule has 2 rings (SSSR count). The summed E-state index contributed by atoms with van der Waals surface area (Å²) in [5.41, 5.74) is 6.04. The largest absolute Gasteiger partial charge is 0.497 e. The molecule has 0 saturated heterocycles. The van der Waals surface area contributed by atoms with Crippen LogP contribution in [0, 0.1) is 0 Å². The van der Waals surface area contributed by atoms with Crippen LogP contribution in [0.4, 0.5) is 4.39 Å². The highest BCUT2D eigenvalue weighted by molar-refractivity contribution is 5.32. The molecule has 2 nitrogen and oxygen atoms in total. The highest BCUT2D eigenvalue weighted by atomic mass is 19.1. The van der Waals surface area contributed by atoms with Gasteiger partial charge in [-0.15, -0.1) is 0 Å². The fraction of sp³-hybridized carbons (Fsp3) is 0.571. The third-order valence-corrected chi connectivity index (χ3v) is 3.85. The third-order valence-electron chi connectivity index (χ3n) is 3.85. The summed E-state index contributed by atoms with van der Waals surface area (Å²) in [4.78, 5) is 0. The zero-order chi connectivity index (χ0) is 12.5. The minimum atomic E-state index is -1.05. The number of alkyl halides is 1. The third kappa shape index (κ3) is 2.60. The maximum absolute atomic E-state index is 13.8. The van der Waals surface area contributed by atoms with E-state index < -0.39 is 5.67 Å². The lowest BCUT2D eigenvalue weighted by Gasteiger charge is -2.39. The van der Waals surface area contributed by atoms with Gasteiger partial charge in [-0.1, -0.05) is 12.1 Å². The molecule has 0 unspecified atom stereocenters. The Bertz CT molecular complexity index is 376. The van der Waals surface area contributed by atoms with Crippen molar-refractivity contribution >= 4 is 0 Å². The molecule has 2 N–H and O–H groups in total. The SMILES string of the molecule is COc1ccc(C2(N)CCC(C)(F)CC2)cc1. The summed E-state index contributed by atoms with van der Waals surface area (Å²) in [6.45, 7) is 1.67. The van der Waals surface area contributed by atoms with E-state index in [1.54, 1.807) is 14.0 Å². The minimum Gasteiger partial charge on any atom is -0.497 e. The lowest BCUT2D eigenvalue weighted by molar-refractivity contribution is 0.0898. The van der Waals surface area contributed by atoms with Crippen LogP contribution in [0.3, 0.4) is 0 Å². The average Bonchev–Trinajstić information content (AvgIpc) is 2.34. The first-order chi connectivity index (χ1) is 7.95. The Balaban J connectivity index is 2.15. The molecule has 1 saturated carbocycles. The molecule has 0 heterocycles. The molecule has 1 aromatic carbocycles. The molecular formula is C14H20FNO. The zero-order valence-corrected chi connectivity index (χ0v) is 10.5. The molecule has 0 aliphatic heterocycles. The van der Waals surface area contributed by atoms with Crippen molar-refractivity contribution in [2.45, 2.75) is 43.8 Å². The molecule has 0 atom stereocenters. The Morgan fingerprint density at radius 2 is 1.65 bits per heavy atom. The van der Waals surface area contributed by atoms with Gasteiger partial charge in [-0.05, 0) is 50.3 Å². The van der Waals surface area contributed by atoms with Gasteiger partial charge in [-0.3, -0.25) is 0 Å². The van der Waals surface area contributed by atoms with Crippen LogP contribution in [0.25, 0.3) is 0 Å². The highest BCUT2D eigenvalue weighted by Crippen LogP contribution is 2.41. The first kappa shape index (κ1) is 12.4. The van der Waals surface area contributed by atoms with Gasteiger partial charge in [0, 0.05) is 5.54 Å². The van der Waals surface area contributed by atoms with Gasteiger partial charge >= 0.3 is 0 Å². The Labute approximate surface area is 102 Å². The van der Waals surface area contributed by atoms with Crippen molar-refractivity contribution in [1.29, 1.82) is 0 Å². The molecule has 0 amide bonds. The van der Waals surface area contributed by atoms with Crippen LogP contribution in [0.2, 0.25) is 0 Å². The number of nitrogens with two attached hydrogens (primary N) is 1. The van der Waals surface area contributed by atoms with Crippen molar-refractivity contribution in [1.82, 2.24) is 0 Å². The second-order valence-electron chi connectivity index (χ2n) is 5.30. The molecular weight excluding hydrogens is 217 g/mol. The number of methoxy groups -OCH3 is 1. The van der Waals surface area contributed by atoms with Crippen molar-refractivity contribution in [2.24, 2.45) is 5.73 Å². The molecule has 0 bridgehead atoms. The minimum absolute atomic E-state index is 0.377. The molecule has 0 radical (unpaired) electrons. The molecule has 1 fully saturated rings. The van der Waals surface area contributed by atoms with Gasteiger partial charge in [0.1, 0.15) is 11.4 Å². The first-order valence-corrected chi connectivity index (χ1v) is 6.08. The quantitative estimate of drug-likeness (QED) is 0.857. The topological polar surface area (TPSA) is 35.2 Å². The summed E-state index contributed by atoms with van der Waals surface area (Å²) >= 11 is 0. The highest BCUT2D eigenvalue weighted by Gasteiger charge is 2.38. The molecule has 1 aliphatic rings. The molecule has 0 aromatic heterocycles. The standard InChI is InChI=1S/C14H20FNO/c1-13(15)7-9-14(16,10-8-13)11-3-5-12(17-2)6-4-11/h3-6H,7-10,16H2,1-2H3. The Hall–Kier alpha value is -1.09. The fourth-order valence-electron chi connectivity index (χ4n) is 2.43. The summed E-state index contributed by atoms with van der Waals surface area (Å²) in [6, 6.07) is 7.79. The van der Waals surface area contributed by atoms with E-state index >= 15 is 0 Å². The second-order valence-corrected chi connectivity index (χ2v) is 5.30. The van der Waals surface area contributed by atoms with E-state index in [0.29, 0.717) is 25.7 Å². The van der Waals surface area contributed by atoms with E-state index in [1.807, 2.05) is 24.3 Å². The molecule has 1 aromatic rings. The van der Waals surface area contributed by atoms with E-state index in [2.05, 4.69) is 0 Å². The van der Waals surface area contributed by atoms with Crippen LogP contribution in [-0.2, 0) is 5.54 Å². The smallest absolute Gasteiger partial charge is 0.118 e. The molecule has 0 spiro atoms. The van der Waals surface area contributed by atoms with Gasteiger partial charge in [0.25, 0.3) is 0 Å². The number of ether oxygens (including phenoxy) is 1. The van der Waals surface area contributed by atoms with E-state index in [0.717, 1.165) is 11.3 Å². The van der Waals surface area contributed by atoms with Gasteiger partial charge in [-0.25, -0.2) is 4.39 Å². The lowest BCUT2D eigenvalue weighted by atomic mass is 9.73. The van der Waals surface area contributed by atoms with Crippen molar-refractivity contribution in [2.75, 3.05) is 7.11 Å². The number of benzene rings is 1. The number of rotatable bonds is 2. The van der Waals surface area contributed by atoms with E-state index in [4.69, 9.17) is 10.5 Å². The van der Waals surface area contributed by atoms with Gasteiger partial charge in [0.05, 0.1) is 7.11 Å². The van der Waals surface area contributed by atoms with Crippen LogP contribution in [0.1, 0.15) is 38.2 Å². The average molecular weight is 237 g/mol. The molecule has 17 heavy (non-hydrogen) atoms. The van der Waals surface area contributed by atoms with E-state index in [9.17, 15) is 4.39 Å². The fourth-order valence-corrected chi connectivity index (χ4v) is 2.43. The van der Waals surface area contributed by atoms with E-state index in [1.165, 1.54) is 0 Å². The maximum Gasteiger partial charge on any atom is 0.118 e. The van der Waals surface area contributed by atoms with Crippen molar-refractivity contribution in [3.63, 3.8) is 0 Å². The number of halogens is 1. The van der Waals surface area contributed by atoms with Crippen LogP contribution >= 0.6 is 0 Å². The predicted molar refractivity (Wildman–Crippen MR) is 66.8 cm³/mol. The zero-order valence-electron chi connectivity index (χ0n) is 10.5. The molecule has 3 heteroatoms. The first-order valence-electron chi connectivity index (χ1n) is 6.08. The Morgan fingerprint density at radius 1 is 1.12 bits per heavy atom. The Kier molecular flexibility index (Phi) is 3.13. The summed E-state index contributed by atoms with van der Waals surface area (Å²) in [5, 5.41) is 0. The van der Waals surface area contributed by atoms with Crippen molar-refractivity contribution in [3.05, 3.63) is 29.8 Å². The second kappa shape index (κ2) is 4.30. The molecule has 94 valence electrons. The summed E-state index contributed by atoms with van der Waals surface area (Å²) in [7, 11) is 1.64. The summed E-state index contributed by atoms with van der Waals surface area (Å²) in [6.07, 6.45) is 2.48. The van der Waals surface area contributed by atoms with Crippen molar-refractivity contribution in [3.8, 4) is 5.75 Å². The van der Waals surface area contributed by atoms with E-state index in [-0.39, 0.29) is 5.54 Å². The number of hydrogen-bond donors (Lipinski definition) is 1. The van der Waals surface area contributed by atoms with Gasteiger partial charge in [0.2, 0.25) is 0 Å². The van der Waals surface area contributed by atoms with Crippen LogP contribution in [0.5, 0.6) is 5.75 Å². The Morgan fingerprint density at radius 3 is 2.12 bits per heavy atom. The summed E-state index contributed by atoms with van der Waals surface area (Å²) < 4.78 is 18.9. The van der Waals surface area contributed by atoms with Crippen molar-refractivity contribution < 1.29 is 9.13 Å². The number of hydrogen-bond acceptors (Lipinski definition) is 2. The predicted octanol–water partition coefficient (Wildman–Crippen LogP) is 3.15. The monoisotopic (exact) mass is 237 g/mol. The van der Waals surface area contributed by atoms with Gasteiger partial charge in [0.15, 0.2) is 0 Å². The van der Waals surface area contributed by atoms with Gasteiger partial charge < -0.3 is 10.5 Å². The van der Waals surface area contributed by atoms with Crippen LogP contribution in [0.15, 0.2) is 24.3 Å². The molecule has 1 aliphatic carbocycles. The maximum atomic E-state index is 13.8. The van der Waals surface area contributed by atoms with Gasteiger partial charge in [-0.2, -0.15) is 0 Å². The van der Waals surface area contributed by atoms with Crippen LogP contribution < -0.4 is 10.5 Å². The van der Waals surface area contributed by atoms with Crippen LogP contribution in [-0.4, -0.2) is 12.8 Å². The lowest BCUT2D eigenvalue weighted by Crippen LogP contribution is -2.43. The summed E-state index contributed by atoms with van der Waals surface area (Å²) in [5.74, 6) is 0.823. The normalized spacial score (nSPS) is 33.4.